The zero-order valence-electron chi connectivity index (χ0n) is 9.29. The number of carbonyl (C=O) groups excluding carboxylic acids is 1. The van der Waals surface area contributed by atoms with Crippen LogP contribution in [0.25, 0.3) is 0 Å². The van der Waals surface area contributed by atoms with Crippen LogP contribution < -0.4 is 14.8 Å². The van der Waals surface area contributed by atoms with Crippen LogP contribution in [0.3, 0.4) is 0 Å². The highest BCUT2D eigenvalue weighted by Crippen LogP contribution is 2.36. The zero-order valence-corrected chi connectivity index (χ0v) is 10.9. The molecule has 0 aromatic heterocycles. The van der Waals surface area contributed by atoms with Crippen molar-refractivity contribution < 1.29 is 19.0 Å². The molecule has 17 heavy (non-hydrogen) atoms. The maximum Gasteiger partial charge on any atom is 0.319 e. The van der Waals surface area contributed by atoms with Crippen LogP contribution in [-0.2, 0) is 16.1 Å². The van der Waals surface area contributed by atoms with Crippen molar-refractivity contribution in [1.29, 1.82) is 0 Å². The first-order chi connectivity index (χ1) is 8.20. The second-order valence-electron chi connectivity index (χ2n) is 3.48. The number of fused-ring (bicyclic) bond motifs is 1. The summed E-state index contributed by atoms with van der Waals surface area (Å²) in [7, 11) is 1.36. The Balaban J connectivity index is 1.99. The van der Waals surface area contributed by atoms with Gasteiger partial charge in [-0.25, -0.2) is 0 Å². The Morgan fingerprint density at radius 3 is 2.88 bits per heavy atom. The first kappa shape index (κ1) is 12.2. The molecule has 0 saturated carbocycles. The fourth-order valence-corrected chi connectivity index (χ4v) is 1.93. The van der Waals surface area contributed by atoms with E-state index in [9.17, 15) is 4.79 Å². The van der Waals surface area contributed by atoms with Crippen LogP contribution in [0.15, 0.2) is 16.6 Å². The minimum Gasteiger partial charge on any atom is -0.468 e. The van der Waals surface area contributed by atoms with Gasteiger partial charge in [0.05, 0.1) is 13.7 Å². The summed E-state index contributed by atoms with van der Waals surface area (Å²) in [5.41, 5.74) is 0.998. The Morgan fingerprint density at radius 2 is 2.18 bits per heavy atom. The number of hydrogen-bond acceptors (Lipinski definition) is 5. The molecule has 1 aromatic carbocycles. The van der Waals surface area contributed by atoms with Crippen molar-refractivity contribution >= 4 is 21.9 Å². The molecule has 1 aromatic rings. The van der Waals surface area contributed by atoms with Gasteiger partial charge in [-0.2, -0.15) is 0 Å². The van der Waals surface area contributed by atoms with Gasteiger partial charge in [-0.3, -0.25) is 4.79 Å². The molecule has 0 unspecified atom stereocenters. The molecule has 0 spiro atoms. The molecule has 5 nitrogen and oxygen atoms in total. The molecule has 1 aliphatic rings. The van der Waals surface area contributed by atoms with Gasteiger partial charge < -0.3 is 19.5 Å². The number of hydrogen-bond donors (Lipinski definition) is 1. The number of carbonyl (C=O) groups is 1. The number of methoxy groups -OCH3 is 1. The van der Waals surface area contributed by atoms with Gasteiger partial charge in [-0.1, -0.05) is 15.9 Å². The predicted molar refractivity (Wildman–Crippen MR) is 64.0 cm³/mol. The lowest BCUT2D eigenvalue weighted by Gasteiger charge is -2.07. The fourth-order valence-electron chi connectivity index (χ4n) is 1.47. The second kappa shape index (κ2) is 5.37. The molecule has 0 fully saturated rings. The van der Waals surface area contributed by atoms with Gasteiger partial charge in [-0.05, 0) is 17.7 Å². The first-order valence-electron chi connectivity index (χ1n) is 5.06. The lowest BCUT2D eigenvalue weighted by atomic mass is 10.2. The molecular weight excluding hydrogens is 290 g/mol. The third-order valence-corrected chi connectivity index (χ3v) is 3.09. The summed E-state index contributed by atoms with van der Waals surface area (Å²) in [6, 6.07) is 3.74. The average molecular weight is 302 g/mol. The van der Waals surface area contributed by atoms with Crippen LogP contribution >= 0.6 is 15.9 Å². The SMILES string of the molecule is COC(=O)CNCc1cc2c(cc1Br)OCO2. The van der Waals surface area contributed by atoms with Crippen molar-refractivity contribution in [3.05, 3.63) is 22.2 Å². The molecule has 0 aliphatic carbocycles. The summed E-state index contributed by atoms with van der Waals surface area (Å²) >= 11 is 3.44. The maximum atomic E-state index is 10.9. The van der Waals surface area contributed by atoms with Gasteiger partial charge in [0, 0.05) is 11.0 Å². The number of nitrogens with one attached hydrogen (secondary N) is 1. The summed E-state index contributed by atoms with van der Waals surface area (Å²) in [5.74, 6) is 1.17. The minimum atomic E-state index is -0.290. The monoisotopic (exact) mass is 301 g/mol. The highest BCUT2D eigenvalue weighted by atomic mass is 79.9. The summed E-state index contributed by atoms with van der Waals surface area (Å²) in [6.07, 6.45) is 0. The Bertz CT molecular complexity index is 436. The molecule has 6 heteroatoms. The molecule has 1 heterocycles. The third kappa shape index (κ3) is 2.89. The van der Waals surface area contributed by atoms with Gasteiger partial charge >= 0.3 is 5.97 Å². The number of rotatable bonds is 4. The Kier molecular flexibility index (Phi) is 3.86. The Morgan fingerprint density at radius 1 is 1.47 bits per heavy atom. The van der Waals surface area contributed by atoms with Crippen molar-refractivity contribution in [3.63, 3.8) is 0 Å². The highest BCUT2D eigenvalue weighted by molar-refractivity contribution is 9.10. The maximum absolute atomic E-state index is 10.9. The molecule has 92 valence electrons. The van der Waals surface area contributed by atoms with Gasteiger partial charge in [0.25, 0.3) is 0 Å². The number of esters is 1. The van der Waals surface area contributed by atoms with E-state index in [0.717, 1.165) is 21.5 Å². The van der Waals surface area contributed by atoms with E-state index in [0.29, 0.717) is 6.54 Å². The van der Waals surface area contributed by atoms with Crippen LogP contribution in [0.4, 0.5) is 0 Å². The third-order valence-electron chi connectivity index (χ3n) is 2.35. The van der Waals surface area contributed by atoms with Crippen molar-refractivity contribution in [3.8, 4) is 11.5 Å². The standard InChI is InChI=1S/C11H12BrNO4/c1-15-11(14)5-13-4-7-2-9-10(3-8(7)12)17-6-16-9/h2-3,13H,4-6H2,1H3. The summed E-state index contributed by atoms with van der Waals surface area (Å²) in [5, 5.41) is 2.98. The largest absolute Gasteiger partial charge is 0.468 e. The summed E-state index contributed by atoms with van der Waals surface area (Å²) < 4.78 is 16.0. The Hall–Kier alpha value is -1.27. The van der Waals surface area contributed by atoms with Crippen LogP contribution in [-0.4, -0.2) is 26.4 Å². The minimum absolute atomic E-state index is 0.178. The fraction of sp³-hybridized carbons (Fsp3) is 0.364. The first-order valence-corrected chi connectivity index (χ1v) is 5.85. The summed E-state index contributed by atoms with van der Waals surface area (Å²) in [4.78, 5) is 10.9. The van der Waals surface area contributed by atoms with Crippen LogP contribution in [0.5, 0.6) is 11.5 Å². The molecule has 0 atom stereocenters. The normalized spacial score (nSPS) is 12.6. The smallest absolute Gasteiger partial charge is 0.319 e. The molecule has 0 saturated heterocycles. The van der Waals surface area contributed by atoms with Crippen LogP contribution in [0.2, 0.25) is 0 Å². The highest BCUT2D eigenvalue weighted by Gasteiger charge is 2.16. The van der Waals surface area contributed by atoms with Crippen molar-refractivity contribution in [1.82, 2.24) is 5.32 Å². The molecule has 1 aliphatic heterocycles. The van der Waals surface area contributed by atoms with Crippen molar-refractivity contribution in [2.75, 3.05) is 20.4 Å². The second-order valence-corrected chi connectivity index (χ2v) is 4.33. The van der Waals surface area contributed by atoms with E-state index in [1.807, 2.05) is 12.1 Å². The molecule has 1 N–H and O–H groups in total. The number of benzene rings is 1. The predicted octanol–water partition coefficient (Wildman–Crippen LogP) is 1.44. The van der Waals surface area contributed by atoms with E-state index in [1.54, 1.807) is 0 Å². The van der Waals surface area contributed by atoms with Crippen molar-refractivity contribution in [2.45, 2.75) is 6.54 Å². The van der Waals surface area contributed by atoms with Crippen LogP contribution in [0, 0.1) is 0 Å². The van der Waals surface area contributed by atoms with E-state index >= 15 is 0 Å². The van der Waals surface area contributed by atoms with Gasteiger partial charge in [0.2, 0.25) is 6.79 Å². The zero-order chi connectivity index (χ0) is 12.3. The number of ether oxygens (including phenoxy) is 3. The van der Waals surface area contributed by atoms with Crippen LogP contribution in [0.1, 0.15) is 5.56 Å². The van der Waals surface area contributed by atoms with E-state index in [4.69, 9.17) is 9.47 Å². The van der Waals surface area contributed by atoms with E-state index in [-0.39, 0.29) is 19.3 Å². The molecular formula is C11H12BrNO4. The average Bonchev–Trinajstić information content (AvgIpc) is 2.76. The van der Waals surface area contributed by atoms with E-state index in [1.165, 1.54) is 7.11 Å². The van der Waals surface area contributed by atoms with Gasteiger partial charge in [0.1, 0.15) is 0 Å². The lowest BCUT2D eigenvalue weighted by Crippen LogP contribution is -2.23. The Labute approximate surface area is 107 Å². The van der Waals surface area contributed by atoms with Crippen molar-refractivity contribution in [2.24, 2.45) is 0 Å². The summed E-state index contributed by atoms with van der Waals surface area (Å²) in [6.45, 7) is 0.977. The quantitative estimate of drug-likeness (QED) is 0.853. The molecule has 0 radical (unpaired) electrons. The topological polar surface area (TPSA) is 56.8 Å². The molecule has 2 rings (SSSR count). The van der Waals surface area contributed by atoms with Gasteiger partial charge in [-0.15, -0.1) is 0 Å². The van der Waals surface area contributed by atoms with E-state index < -0.39 is 0 Å². The lowest BCUT2D eigenvalue weighted by molar-refractivity contribution is -0.139. The molecule has 0 bridgehead atoms. The molecule has 0 amide bonds. The van der Waals surface area contributed by atoms with E-state index in [2.05, 4.69) is 26.0 Å². The van der Waals surface area contributed by atoms with Gasteiger partial charge in [0.15, 0.2) is 11.5 Å². The number of halogens is 1.